The summed E-state index contributed by atoms with van der Waals surface area (Å²) >= 11 is 0. The van der Waals surface area contributed by atoms with Gasteiger partial charge >= 0.3 is 0 Å². The monoisotopic (exact) mass is 232 g/mol. The smallest absolute Gasteiger partial charge is 0.152 e. The molecule has 1 aliphatic heterocycles. The molecule has 0 bridgehead atoms. The van der Waals surface area contributed by atoms with Crippen molar-refractivity contribution in [3.8, 4) is 0 Å². The molecule has 90 valence electrons. The van der Waals surface area contributed by atoms with Gasteiger partial charge in [-0.15, -0.1) is 0 Å². The van der Waals surface area contributed by atoms with E-state index in [2.05, 4.69) is 15.4 Å². The van der Waals surface area contributed by atoms with Crippen molar-refractivity contribution in [1.29, 1.82) is 0 Å². The minimum Gasteiger partial charge on any atom is -0.378 e. The molecule has 0 amide bonds. The van der Waals surface area contributed by atoms with Crippen LogP contribution >= 0.6 is 0 Å². The van der Waals surface area contributed by atoms with Crippen LogP contribution in [-0.4, -0.2) is 33.9 Å². The number of nitrogens with zero attached hydrogens (tertiary/aromatic N) is 3. The van der Waals surface area contributed by atoms with Crippen LogP contribution in [0.2, 0.25) is 0 Å². The van der Waals surface area contributed by atoms with Gasteiger partial charge in [-0.3, -0.25) is 0 Å². The van der Waals surface area contributed by atoms with Crippen LogP contribution in [0.25, 0.3) is 5.52 Å². The summed E-state index contributed by atoms with van der Waals surface area (Å²) < 4.78 is 7.41. The van der Waals surface area contributed by atoms with Crippen LogP contribution in [0.5, 0.6) is 0 Å². The number of hydrogen-bond acceptors (Lipinski definition) is 4. The number of ether oxygens (including phenoxy) is 1. The summed E-state index contributed by atoms with van der Waals surface area (Å²) in [7, 11) is 0. The van der Waals surface area contributed by atoms with E-state index >= 15 is 0 Å². The van der Waals surface area contributed by atoms with Crippen molar-refractivity contribution >= 4 is 11.3 Å². The van der Waals surface area contributed by atoms with Gasteiger partial charge in [-0.05, 0) is 25.3 Å². The molecule has 1 N–H and O–H groups in total. The molecule has 0 aliphatic carbocycles. The van der Waals surface area contributed by atoms with Crippen molar-refractivity contribution in [2.45, 2.75) is 25.4 Å². The third-order valence-corrected chi connectivity index (χ3v) is 3.11. The second-order valence-corrected chi connectivity index (χ2v) is 4.29. The first-order valence-electron chi connectivity index (χ1n) is 6.07. The summed E-state index contributed by atoms with van der Waals surface area (Å²) in [5, 5.41) is 7.53. The predicted octanol–water partition coefficient (Wildman–Crippen LogP) is 1.71. The fourth-order valence-corrected chi connectivity index (χ4v) is 2.22. The van der Waals surface area contributed by atoms with Crippen LogP contribution < -0.4 is 5.32 Å². The molecule has 1 saturated heterocycles. The van der Waals surface area contributed by atoms with E-state index < -0.39 is 0 Å². The van der Waals surface area contributed by atoms with E-state index in [1.54, 1.807) is 12.4 Å². The average molecular weight is 232 g/mol. The zero-order chi connectivity index (χ0) is 11.5. The van der Waals surface area contributed by atoms with E-state index in [1.165, 1.54) is 12.8 Å². The highest BCUT2D eigenvalue weighted by atomic mass is 16.5. The van der Waals surface area contributed by atoms with Crippen molar-refractivity contribution in [3.63, 3.8) is 0 Å². The van der Waals surface area contributed by atoms with E-state index in [9.17, 15) is 0 Å². The average Bonchev–Trinajstić information content (AvgIpc) is 2.99. The minimum absolute atomic E-state index is 0.423. The molecule has 3 heterocycles. The molecule has 1 unspecified atom stereocenters. The Morgan fingerprint density at radius 3 is 3.35 bits per heavy atom. The molecule has 2 aromatic rings. The molecule has 3 rings (SSSR count). The van der Waals surface area contributed by atoms with Gasteiger partial charge in [0.25, 0.3) is 0 Å². The van der Waals surface area contributed by atoms with Gasteiger partial charge in [0.05, 0.1) is 12.3 Å². The van der Waals surface area contributed by atoms with Gasteiger partial charge in [0, 0.05) is 25.5 Å². The van der Waals surface area contributed by atoms with E-state index in [0.717, 1.165) is 30.9 Å². The van der Waals surface area contributed by atoms with Crippen molar-refractivity contribution < 1.29 is 4.74 Å². The lowest BCUT2D eigenvalue weighted by Crippen LogP contribution is -2.13. The second kappa shape index (κ2) is 4.71. The molecule has 0 spiro atoms. The number of fused-ring (bicyclic) bond motifs is 1. The van der Waals surface area contributed by atoms with Crippen LogP contribution in [0.15, 0.2) is 24.7 Å². The maximum atomic E-state index is 5.59. The van der Waals surface area contributed by atoms with Crippen LogP contribution in [0, 0.1) is 0 Å². The van der Waals surface area contributed by atoms with Gasteiger partial charge in [-0.1, -0.05) is 0 Å². The molecule has 1 atom stereocenters. The van der Waals surface area contributed by atoms with E-state index in [4.69, 9.17) is 4.74 Å². The molecule has 17 heavy (non-hydrogen) atoms. The Bertz CT molecular complexity index is 490. The summed E-state index contributed by atoms with van der Waals surface area (Å²) in [6.07, 6.45) is 9.23. The van der Waals surface area contributed by atoms with Crippen molar-refractivity contribution in [2.24, 2.45) is 0 Å². The molecule has 1 fully saturated rings. The Morgan fingerprint density at radius 1 is 1.47 bits per heavy atom. The molecular formula is C12H16N4O. The number of hydrogen-bond donors (Lipinski definition) is 1. The molecule has 5 heteroatoms. The van der Waals surface area contributed by atoms with Crippen LogP contribution in [-0.2, 0) is 4.74 Å². The highest BCUT2D eigenvalue weighted by molar-refractivity contribution is 5.66. The van der Waals surface area contributed by atoms with Gasteiger partial charge in [-0.25, -0.2) is 9.50 Å². The summed E-state index contributed by atoms with van der Waals surface area (Å²) in [5.74, 6) is 0.892. The molecule has 2 aromatic heterocycles. The number of rotatable bonds is 4. The van der Waals surface area contributed by atoms with Crippen molar-refractivity contribution in [2.75, 3.05) is 18.5 Å². The predicted molar refractivity (Wildman–Crippen MR) is 65.1 cm³/mol. The van der Waals surface area contributed by atoms with Gasteiger partial charge in [0.15, 0.2) is 5.82 Å². The molecular weight excluding hydrogens is 216 g/mol. The SMILES string of the molecule is c1cn2nccc2c(NCCC2CCCO2)n1. The number of nitrogens with one attached hydrogen (secondary N) is 1. The van der Waals surface area contributed by atoms with Crippen LogP contribution in [0.4, 0.5) is 5.82 Å². The first kappa shape index (κ1) is 10.5. The molecule has 0 saturated carbocycles. The van der Waals surface area contributed by atoms with Crippen LogP contribution in [0.3, 0.4) is 0 Å². The molecule has 5 nitrogen and oxygen atoms in total. The fraction of sp³-hybridized carbons (Fsp3) is 0.500. The van der Waals surface area contributed by atoms with Crippen LogP contribution in [0.1, 0.15) is 19.3 Å². The highest BCUT2D eigenvalue weighted by Crippen LogP contribution is 2.16. The fourth-order valence-electron chi connectivity index (χ4n) is 2.22. The largest absolute Gasteiger partial charge is 0.378 e. The zero-order valence-electron chi connectivity index (χ0n) is 9.67. The summed E-state index contributed by atoms with van der Waals surface area (Å²) in [6.45, 7) is 1.81. The first-order chi connectivity index (χ1) is 8.43. The Hall–Kier alpha value is -1.62. The second-order valence-electron chi connectivity index (χ2n) is 4.29. The van der Waals surface area contributed by atoms with Gasteiger partial charge in [-0.2, -0.15) is 5.10 Å². The first-order valence-corrected chi connectivity index (χ1v) is 6.07. The Balaban J connectivity index is 1.62. The van der Waals surface area contributed by atoms with Gasteiger partial charge in [0.1, 0.15) is 5.52 Å². The zero-order valence-corrected chi connectivity index (χ0v) is 9.67. The van der Waals surface area contributed by atoms with Gasteiger partial charge in [0.2, 0.25) is 0 Å². The highest BCUT2D eigenvalue weighted by Gasteiger charge is 2.14. The summed E-state index contributed by atoms with van der Waals surface area (Å²) in [5.41, 5.74) is 1.01. The lowest BCUT2D eigenvalue weighted by molar-refractivity contribution is 0.107. The Kier molecular flexibility index (Phi) is 2.92. The standard InChI is InChI=1S/C12H16N4O/c1-2-10(17-9-1)3-5-13-12-11-4-6-15-16(11)8-7-14-12/h4,6-8,10H,1-3,5,9H2,(H,13,14). The minimum atomic E-state index is 0.423. The van der Waals surface area contributed by atoms with E-state index in [0.29, 0.717) is 6.10 Å². The third-order valence-electron chi connectivity index (χ3n) is 3.11. The normalized spacial score (nSPS) is 19.9. The maximum Gasteiger partial charge on any atom is 0.152 e. The Morgan fingerprint density at radius 2 is 2.47 bits per heavy atom. The summed E-state index contributed by atoms with van der Waals surface area (Å²) in [4.78, 5) is 4.33. The number of anilines is 1. The number of aromatic nitrogens is 3. The van der Waals surface area contributed by atoms with Crippen molar-refractivity contribution in [1.82, 2.24) is 14.6 Å². The lowest BCUT2D eigenvalue weighted by Gasteiger charge is -2.10. The molecule has 0 aromatic carbocycles. The topological polar surface area (TPSA) is 51.5 Å². The van der Waals surface area contributed by atoms with Gasteiger partial charge < -0.3 is 10.1 Å². The van der Waals surface area contributed by atoms with E-state index in [-0.39, 0.29) is 0 Å². The van der Waals surface area contributed by atoms with Crippen molar-refractivity contribution in [3.05, 3.63) is 24.7 Å². The summed E-state index contributed by atoms with van der Waals surface area (Å²) in [6, 6.07) is 1.96. The third kappa shape index (κ3) is 2.24. The molecule has 0 radical (unpaired) electrons. The maximum absolute atomic E-state index is 5.59. The lowest BCUT2D eigenvalue weighted by atomic mass is 10.2. The van der Waals surface area contributed by atoms with E-state index in [1.807, 2.05) is 16.8 Å². The Labute approximate surface area is 99.8 Å². The molecule has 1 aliphatic rings. The quantitative estimate of drug-likeness (QED) is 0.872.